The second-order valence-electron chi connectivity index (χ2n) is 8.71. The van der Waals surface area contributed by atoms with Gasteiger partial charge in [0.05, 0.1) is 18.5 Å². The highest BCUT2D eigenvalue weighted by molar-refractivity contribution is 7.92. The normalized spacial score (nSPS) is 12.8. The van der Waals surface area contributed by atoms with Gasteiger partial charge in [-0.25, -0.2) is 8.42 Å². The highest BCUT2D eigenvalue weighted by Crippen LogP contribution is 2.30. The van der Waals surface area contributed by atoms with Gasteiger partial charge in [0.1, 0.15) is 18.4 Å². The van der Waals surface area contributed by atoms with E-state index in [1.165, 1.54) is 4.31 Å². The van der Waals surface area contributed by atoms with E-state index in [0.29, 0.717) is 18.7 Å². The van der Waals surface area contributed by atoms with Gasteiger partial charge in [0.2, 0.25) is 15.9 Å². The molecular formula is C24H34N2O4S. The fourth-order valence-corrected chi connectivity index (χ4v) is 4.69. The molecule has 0 aliphatic rings. The summed E-state index contributed by atoms with van der Waals surface area (Å²) in [5.74, 6) is 0.441. The summed E-state index contributed by atoms with van der Waals surface area (Å²) in [6.07, 6.45) is 1.47. The van der Waals surface area contributed by atoms with Crippen molar-refractivity contribution in [3.05, 3.63) is 59.7 Å². The number of anilines is 1. The van der Waals surface area contributed by atoms with E-state index in [4.69, 9.17) is 4.74 Å². The van der Waals surface area contributed by atoms with Crippen LogP contribution in [0.2, 0.25) is 0 Å². The van der Waals surface area contributed by atoms with Crippen LogP contribution in [0, 0.1) is 6.92 Å². The monoisotopic (exact) mass is 446 g/mol. The fourth-order valence-electron chi connectivity index (χ4n) is 3.49. The summed E-state index contributed by atoms with van der Waals surface area (Å²) < 4.78 is 32.1. The summed E-state index contributed by atoms with van der Waals surface area (Å²) in [6.45, 7) is 10.6. The molecule has 2 aromatic carbocycles. The molecule has 6 nitrogen and oxygen atoms in total. The summed E-state index contributed by atoms with van der Waals surface area (Å²) in [6, 6.07) is 14.2. The Labute approximate surface area is 186 Å². The number of carbonyl (C=O) groups is 1. The number of ether oxygens (including phenoxy) is 1. The molecule has 0 unspecified atom stereocenters. The molecule has 170 valence electrons. The lowest BCUT2D eigenvalue weighted by atomic mass is 9.86. The first-order valence-electron chi connectivity index (χ1n) is 10.5. The van der Waals surface area contributed by atoms with Crippen molar-refractivity contribution >= 4 is 21.6 Å². The second kappa shape index (κ2) is 10.2. The van der Waals surface area contributed by atoms with Crippen molar-refractivity contribution in [1.82, 2.24) is 5.32 Å². The molecule has 0 saturated heterocycles. The number of carbonyl (C=O) groups excluding carboxylic acids is 1. The average Bonchev–Trinajstić information content (AvgIpc) is 2.67. The number of aryl methyl sites for hydroxylation is 1. The fraction of sp³-hybridized carbons (Fsp3) is 0.458. The van der Waals surface area contributed by atoms with Crippen molar-refractivity contribution in [2.75, 3.05) is 23.7 Å². The van der Waals surface area contributed by atoms with Crippen LogP contribution in [0.5, 0.6) is 5.75 Å². The zero-order valence-electron chi connectivity index (χ0n) is 19.3. The first-order valence-corrected chi connectivity index (χ1v) is 12.4. The maximum Gasteiger partial charge on any atom is 0.244 e. The molecule has 1 atom stereocenters. The number of amides is 1. The van der Waals surface area contributed by atoms with Gasteiger partial charge in [0.15, 0.2) is 0 Å². The molecule has 1 N–H and O–H groups in total. The highest BCUT2D eigenvalue weighted by Gasteiger charge is 2.31. The number of rotatable bonds is 9. The molecule has 0 aliphatic heterocycles. The Morgan fingerprint density at radius 1 is 1.13 bits per heavy atom. The first kappa shape index (κ1) is 24.7. The van der Waals surface area contributed by atoms with Gasteiger partial charge in [-0.15, -0.1) is 0 Å². The van der Waals surface area contributed by atoms with Gasteiger partial charge in [-0.3, -0.25) is 9.10 Å². The summed E-state index contributed by atoms with van der Waals surface area (Å²) in [5, 5.41) is 2.83. The molecule has 2 rings (SSSR count). The van der Waals surface area contributed by atoms with E-state index in [-0.39, 0.29) is 17.9 Å². The van der Waals surface area contributed by atoms with E-state index in [2.05, 4.69) is 26.1 Å². The number of benzene rings is 2. The molecule has 0 heterocycles. The Hall–Kier alpha value is -2.54. The lowest BCUT2D eigenvalue weighted by molar-refractivity contribution is -0.122. The number of para-hydroxylation sites is 1. The Morgan fingerprint density at radius 3 is 2.39 bits per heavy atom. The van der Waals surface area contributed by atoms with Crippen LogP contribution in [0.1, 0.15) is 45.2 Å². The van der Waals surface area contributed by atoms with Gasteiger partial charge >= 0.3 is 0 Å². The maximum absolute atomic E-state index is 12.9. The number of nitrogens with one attached hydrogen (secondary N) is 1. The average molecular weight is 447 g/mol. The minimum atomic E-state index is -3.65. The second-order valence-corrected chi connectivity index (χ2v) is 10.6. The third-order valence-corrected chi connectivity index (χ3v) is 6.12. The van der Waals surface area contributed by atoms with Crippen LogP contribution < -0.4 is 14.4 Å². The quantitative estimate of drug-likeness (QED) is 0.590. The molecule has 31 heavy (non-hydrogen) atoms. The van der Waals surface area contributed by atoms with Gasteiger partial charge in [-0.05, 0) is 48.1 Å². The molecule has 2 aromatic rings. The third-order valence-electron chi connectivity index (χ3n) is 4.94. The lowest BCUT2D eigenvalue weighted by Crippen LogP contribution is -2.50. The Balaban J connectivity index is 2.08. The van der Waals surface area contributed by atoms with Crippen LogP contribution >= 0.6 is 0 Å². The SMILES string of the molecule is CC[C@@H](C(=O)NCCOc1ccccc1C(C)(C)C)N(c1cccc(C)c1)S(C)(=O)=O. The van der Waals surface area contributed by atoms with E-state index >= 15 is 0 Å². The van der Waals surface area contributed by atoms with E-state index in [1.54, 1.807) is 25.1 Å². The predicted molar refractivity (Wildman–Crippen MR) is 126 cm³/mol. The molecule has 0 aliphatic carbocycles. The maximum atomic E-state index is 12.9. The van der Waals surface area contributed by atoms with Gasteiger partial charge in [0.25, 0.3) is 0 Å². The van der Waals surface area contributed by atoms with Crippen molar-refractivity contribution in [2.45, 2.75) is 52.5 Å². The van der Waals surface area contributed by atoms with Crippen molar-refractivity contribution < 1.29 is 17.9 Å². The Bertz CT molecular complexity index is 997. The van der Waals surface area contributed by atoms with Crippen molar-refractivity contribution in [1.29, 1.82) is 0 Å². The van der Waals surface area contributed by atoms with Crippen LogP contribution in [-0.4, -0.2) is 39.8 Å². The smallest absolute Gasteiger partial charge is 0.244 e. The van der Waals surface area contributed by atoms with Crippen molar-refractivity contribution in [3.8, 4) is 5.75 Å². The number of nitrogens with zero attached hydrogens (tertiary/aromatic N) is 1. The van der Waals surface area contributed by atoms with E-state index in [0.717, 1.165) is 23.1 Å². The van der Waals surface area contributed by atoms with Gasteiger partial charge < -0.3 is 10.1 Å². The number of hydrogen-bond donors (Lipinski definition) is 1. The topological polar surface area (TPSA) is 75.7 Å². The zero-order chi connectivity index (χ0) is 23.2. The standard InChI is InChI=1S/C24H34N2O4S/c1-7-21(26(31(6,28)29)19-12-10-11-18(2)17-19)23(27)25-15-16-30-22-14-9-8-13-20(22)24(3,4)5/h8-14,17,21H,7,15-16H2,1-6H3,(H,25,27)/t21-/m0/s1. The largest absolute Gasteiger partial charge is 0.491 e. The van der Waals surface area contributed by atoms with Gasteiger partial charge in [0, 0.05) is 0 Å². The number of hydrogen-bond acceptors (Lipinski definition) is 4. The molecule has 0 radical (unpaired) electrons. The zero-order valence-corrected chi connectivity index (χ0v) is 20.1. The summed E-state index contributed by atoms with van der Waals surface area (Å²) in [4.78, 5) is 12.9. The minimum Gasteiger partial charge on any atom is -0.491 e. The minimum absolute atomic E-state index is 0.0586. The molecule has 7 heteroatoms. The van der Waals surface area contributed by atoms with Crippen molar-refractivity contribution in [3.63, 3.8) is 0 Å². The molecule has 1 amide bonds. The summed E-state index contributed by atoms with van der Waals surface area (Å²) in [5.41, 5.74) is 2.44. The molecule has 0 saturated carbocycles. The molecule has 0 spiro atoms. The highest BCUT2D eigenvalue weighted by atomic mass is 32.2. The Morgan fingerprint density at radius 2 is 1.81 bits per heavy atom. The lowest BCUT2D eigenvalue weighted by Gasteiger charge is -2.30. The molecule has 0 fully saturated rings. The summed E-state index contributed by atoms with van der Waals surface area (Å²) in [7, 11) is -3.65. The van der Waals surface area contributed by atoms with Crippen LogP contribution in [-0.2, 0) is 20.2 Å². The van der Waals surface area contributed by atoms with E-state index < -0.39 is 16.1 Å². The molecular weight excluding hydrogens is 412 g/mol. The summed E-state index contributed by atoms with van der Waals surface area (Å²) >= 11 is 0. The van der Waals surface area contributed by atoms with Gasteiger partial charge in [-0.1, -0.05) is 58.0 Å². The van der Waals surface area contributed by atoms with Crippen LogP contribution in [0.25, 0.3) is 0 Å². The number of sulfonamides is 1. The molecule has 0 aromatic heterocycles. The molecule has 0 bridgehead atoms. The Kier molecular flexibility index (Phi) is 8.12. The van der Waals surface area contributed by atoms with Crippen LogP contribution in [0.3, 0.4) is 0 Å². The van der Waals surface area contributed by atoms with Gasteiger partial charge in [-0.2, -0.15) is 0 Å². The van der Waals surface area contributed by atoms with E-state index in [9.17, 15) is 13.2 Å². The van der Waals surface area contributed by atoms with Crippen LogP contribution in [0.15, 0.2) is 48.5 Å². The van der Waals surface area contributed by atoms with E-state index in [1.807, 2.05) is 37.3 Å². The predicted octanol–water partition coefficient (Wildman–Crippen LogP) is 4.03. The van der Waals surface area contributed by atoms with Crippen molar-refractivity contribution in [2.24, 2.45) is 0 Å². The van der Waals surface area contributed by atoms with Crippen LogP contribution in [0.4, 0.5) is 5.69 Å². The first-order chi connectivity index (χ1) is 14.4. The third kappa shape index (κ3) is 6.72.